The van der Waals surface area contributed by atoms with E-state index in [0.717, 1.165) is 16.9 Å². The Hall–Kier alpha value is -3.12. The number of benzene rings is 2. The van der Waals surface area contributed by atoms with Gasteiger partial charge in [-0.1, -0.05) is 16.8 Å². The van der Waals surface area contributed by atoms with Crippen molar-refractivity contribution in [3.63, 3.8) is 0 Å². The lowest BCUT2D eigenvalue weighted by Gasteiger charge is -2.10. The van der Waals surface area contributed by atoms with E-state index in [-0.39, 0.29) is 11.5 Å². The molecule has 28 heavy (non-hydrogen) atoms. The molecular weight excluding hydrogens is 380 g/mol. The predicted octanol–water partition coefficient (Wildman–Crippen LogP) is 4.79. The molecule has 1 N–H and O–H groups in total. The summed E-state index contributed by atoms with van der Waals surface area (Å²) in [5.41, 5.74) is 3.55. The van der Waals surface area contributed by atoms with Crippen molar-refractivity contribution in [2.24, 2.45) is 5.16 Å². The third-order valence-electron chi connectivity index (χ3n) is 4.46. The van der Waals surface area contributed by atoms with Crippen LogP contribution in [0.15, 0.2) is 41.6 Å². The summed E-state index contributed by atoms with van der Waals surface area (Å²) in [6, 6.07) is 10.5. The Bertz CT molecular complexity index is 1130. The number of aromatic hydroxyl groups is 1. The molecule has 7 heteroatoms. The van der Waals surface area contributed by atoms with Crippen LogP contribution >= 0.6 is 11.6 Å². The standard InChI is InChI=1S/C21H19ClN2O4/c1-11(23-28-14(4)26)17-9-19-18(10-20(17)27)21(13(3)25)12(2)24(19)16-7-5-15(22)6-8-16/h5-10,27H,1-4H3/b23-11+. The highest BCUT2D eigenvalue weighted by Crippen LogP contribution is 2.34. The highest BCUT2D eigenvalue weighted by Gasteiger charge is 2.21. The third-order valence-corrected chi connectivity index (χ3v) is 4.71. The SMILES string of the molecule is CC(=O)O/N=C(\C)c1cc2c(cc1O)c(C(C)=O)c(C)n2-c1ccc(Cl)cc1. The number of carbonyl (C=O) groups is 2. The lowest BCUT2D eigenvalue weighted by atomic mass is 10.0. The van der Waals surface area contributed by atoms with E-state index in [1.54, 1.807) is 25.1 Å². The molecule has 0 aliphatic rings. The number of ketones is 1. The fourth-order valence-electron chi connectivity index (χ4n) is 3.29. The van der Waals surface area contributed by atoms with Gasteiger partial charge in [0.2, 0.25) is 0 Å². The van der Waals surface area contributed by atoms with Gasteiger partial charge in [-0.3, -0.25) is 4.79 Å². The number of fused-ring (bicyclic) bond motifs is 1. The number of Topliss-reactive ketones (excluding diaryl/α,β-unsaturated/α-hetero) is 1. The maximum absolute atomic E-state index is 12.3. The van der Waals surface area contributed by atoms with Gasteiger partial charge in [-0.15, -0.1) is 0 Å². The van der Waals surface area contributed by atoms with Crippen molar-refractivity contribution in [3.05, 3.63) is 58.2 Å². The van der Waals surface area contributed by atoms with Crippen LogP contribution in [0.4, 0.5) is 0 Å². The molecule has 0 bridgehead atoms. The molecule has 0 amide bonds. The Balaban J connectivity index is 2.33. The van der Waals surface area contributed by atoms with Gasteiger partial charge in [0.15, 0.2) is 5.78 Å². The van der Waals surface area contributed by atoms with Crippen molar-refractivity contribution in [3.8, 4) is 11.4 Å². The molecule has 3 aromatic rings. The molecule has 0 atom stereocenters. The summed E-state index contributed by atoms with van der Waals surface area (Å²) in [5.74, 6) is -0.719. The van der Waals surface area contributed by atoms with E-state index in [1.165, 1.54) is 19.9 Å². The number of nitrogens with zero attached hydrogens (tertiary/aromatic N) is 2. The van der Waals surface area contributed by atoms with Crippen molar-refractivity contribution < 1.29 is 19.5 Å². The number of phenols is 1. The zero-order chi connectivity index (χ0) is 20.6. The second-order valence-corrected chi connectivity index (χ2v) is 6.91. The van der Waals surface area contributed by atoms with Crippen LogP contribution in [0, 0.1) is 6.92 Å². The van der Waals surface area contributed by atoms with Crippen LogP contribution in [-0.4, -0.2) is 27.1 Å². The minimum atomic E-state index is -0.556. The minimum absolute atomic E-state index is 0.0586. The lowest BCUT2D eigenvalue weighted by Crippen LogP contribution is -2.01. The molecule has 0 unspecified atom stereocenters. The lowest BCUT2D eigenvalue weighted by molar-refractivity contribution is -0.140. The van der Waals surface area contributed by atoms with Crippen LogP contribution in [0.25, 0.3) is 16.6 Å². The predicted molar refractivity (Wildman–Crippen MR) is 109 cm³/mol. The van der Waals surface area contributed by atoms with E-state index in [9.17, 15) is 14.7 Å². The largest absolute Gasteiger partial charge is 0.507 e. The molecule has 3 rings (SSSR count). The van der Waals surface area contributed by atoms with Crippen molar-refractivity contribution >= 4 is 40.0 Å². The van der Waals surface area contributed by atoms with Crippen LogP contribution in [0.5, 0.6) is 5.75 Å². The van der Waals surface area contributed by atoms with Crippen molar-refractivity contribution in [1.82, 2.24) is 4.57 Å². The summed E-state index contributed by atoms with van der Waals surface area (Å²) in [7, 11) is 0. The first-order valence-electron chi connectivity index (χ1n) is 8.58. The second kappa shape index (κ2) is 7.48. The van der Waals surface area contributed by atoms with Crippen LogP contribution in [0.2, 0.25) is 5.02 Å². The Morgan fingerprint density at radius 1 is 1.11 bits per heavy atom. The molecule has 1 aromatic heterocycles. The first-order valence-corrected chi connectivity index (χ1v) is 8.96. The van der Waals surface area contributed by atoms with Gasteiger partial charge in [0.05, 0.1) is 11.2 Å². The van der Waals surface area contributed by atoms with Crippen molar-refractivity contribution in [2.75, 3.05) is 0 Å². The maximum atomic E-state index is 12.3. The molecule has 0 fully saturated rings. The number of hydrogen-bond acceptors (Lipinski definition) is 5. The molecule has 144 valence electrons. The zero-order valence-corrected chi connectivity index (χ0v) is 16.7. The molecule has 2 aromatic carbocycles. The van der Waals surface area contributed by atoms with Gasteiger partial charge in [0.25, 0.3) is 0 Å². The first kappa shape index (κ1) is 19.6. The highest BCUT2D eigenvalue weighted by atomic mass is 35.5. The summed E-state index contributed by atoms with van der Waals surface area (Å²) in [6.07, 6.45) is 0. The molecule has 1 heterocycles. The Morgan fingerprint density at radius 3 is 2.32 bits per heavy atom. The molecule has 0 aliphatic carbocycles. The Labute approximate surface area is 167 Å². The topological polar surface area (TPSA) is 80.9 Å². The number of phenolic OH excluding ortho intramolecular Hbond substituents is 1. The highest BCUT2D eigenvalue weighted by molar-refractivity contribution is 6.30. The molecule has 6 nitrogen and oxygen atoms in total. The monoisotopic (exact) mass is 398 g/mol. The van der Waals surface area contributed by atoms with Gasteiger partial charge in [0.1, 0.15) is 5.75 Å². The van der Waals surface area contributed by atoms with Crippen LogP contribution in [-0.2, 0) is 9.63 Å². The van der Waals surface area contributed by atoms with Crippen molar-refractivity contribution in [2.45, 2.75) is 27.7 Å². The molecule has 0 saturated heterocycles. The minimum Gasteiger partial charge on any atom is -0.507 e. The van der Waals surface area contributed by atoms with E-state index in [4.69, 9.17) is 11.6 Å². The van der Waals surface area contributed by atoms with Crippen LogP contribution in [0.3, 0.4) is 0 Å². The van der Waals surface area contributed by atoms with Crippen molar-refractivity contribution in [1.29, 1.82) is 0 Å². The zero-order valence-electron chi connectivity index (χ0n) is 15.9. The van der Waals surface area contributed by atoms with Gasteiger partial charge in [0, 0.05) is 39.8 Å². The van der Waals surface area contributed by atoms with Gasteiger partial charge in [-0.25, -0.2) is 4.79 Å². The van der Waals surface area contributed by atoms with E-state index in [0.29, 0.717) is 27.2 Å². The number of halogens is 1. The summed E-state index contributed by atoms with van der Waals surface area (Å²) < 4.78 is 1.92. The number of oxime groups is 1. The summed E-state index contributed by atoms with van der Waals surface area (Å²) in [5, 5.41) is 15.5. The number of aromatic nitrogens is 1. The molecule has 0 aliphatic heterocycles. The average Bonchev–Trinajstić information content (AvgIpc) is 2.90. The van der Waals surface area contributed by atoms with Gasteiger partial charge < -0.3 is 14.5 Å². The first-order chi connectivity index (χ1) is 13.2. The third kappa shape index (κ3) is 3.51. The summed E-state index contributed by atoms with van der Waals surface area (Å²) in [4.78, 5) is 28.0. The van der Waals surface area contributed by atoms with Crippen LogP contribution in [0.1, 0.15) is 42.4 Å². The van der Waals surface area contributed by atoms with E-state index in [2.05, 4.69) is 9.99 Å². The fraction of sp³-hybridized carbons (Fsp3) is 0.190. The summed E-state index contributed by atoms with van der Waals surface area (Å²) in [6.45, 7) is 6.21. The molecule has 0 saturated carbocycles. The number of carbonyl (C=O) groups excluding carboxylic acids is 2. The van der Waals surface area contributed by atoms with Gasteiger partial charge in [-0.2, -0.15) is 0 Å². The molecule has 0 spiro atoms. The average molecular weight is 399 g/mol. The maximum Gasteiger partial charge on any atom is 0.331 e. The quantitative estimate of drug-likeness (QED) is 0.296. The van der Waals surface area contributed by atoms with E-state index < -0.39 is 5.97 Å². The second-order valence-electron chi connectivity index (χ2n) is 6.47. The Kier molecular flexibility index (Phi) is 5.25. The van der Waals surface area contributed by atoms with Gasteiger partial charge in [-0.05, 0) is 57.2 Å². The Morgan fingerprint density at radius 2 is 1.75 bits per heavy atom. The number of hydrogen-bond donors (Lipinski definition) is 1. The van der Waals surface area contributed by atoms with Gasteiger partial charge >= 0.3 is 5.97 Å². The van der Waals surface area contributed by atoms with E-state index in [1.807, 2.05) is 23.6 Å². The normalized spacial score (nSPS) is 11.7. The smallest absolute Gasteiger partial charge is 0.331 e. The van der Waals surface area contributed by atoms with E-state index >= 15 is 0 Å². The summed E-state index contributed by atoms with van der Waals surface area (Å²) >= 11 is 6.01. The molecule has 0 radical (unpaired) electrons. The number of rotatable bonds is 4. The molecular formula is C21H19ClN2O4. The van der Waals surface area contributed by atoms with Crippen LogP contribution < -0.4 is 0 Å². The fourth-order valence-corrected chi connectivity index (χ4v) is 3.41.